The molecule has 3 rings (SSSR count). The molecule has 0 saturated carbocycles. The number of fused-ring (bicyclic) bond motifs is 1. The number of thioether (sulfide) groups is 1. The molecular formula is C21H26N2O3S. The van der Waals surface area contributed by atoms with E-state index in [9.17, 15) is 9.59 Å². The first-order valence-corrected chi connectivity index (χ1v) is 10.5. The summed E-state index contributed by atoms with van der Waals surface area (Å²) in [5, 5.41) is 0.689. The topological polar surface area (TPSA) is 59.0 Å². The number of rotatable bonds is 6. The SMILES string of the molecule is CCCC1=C(C(=O)OCC)C(c2ccc(C(C)C)cc2)N2C(=O)CSC2=N1. The molecule has 0 bridgehead atoms. The molecule has 1 atom stereocenters. The lowest BCUT2D eigenvalue weighted by Gasteiger charge is -2.33. The fourth-order valence-electron chi connectivity index (χ4n) is 3.42. The quantitative estimate of drug-likeness (QED) is 0.680. The van der Waals surface area contributed by atoms with Crippen molar-refractivity contribution < 1.29 is 14.3 Å². The number of amidine groups is 1. The van der Waals surface area contributed by atoms with Gasteiger partial charge < -0.3 is 4.74 Å². The molecule has 0 radical (unpaired) electrons. The molecule has 6 heteroatoms. The molecule has 144 valence electrons. The third kappa shape index (κ3) is 3.81. The number of nitrogens with zero attached hydrogens (tertiary/aromatic N) is 2. The largest absolute Gasteiger partial charge is 0.463 e. The van der Waals surface area contributed by atoms with Crippen molar-refractivity contribution in [2.45, 2.75) is 52.5 Å². The van der Waals surface area contributed by atoms with E-state index in [-0.39, 0.29) is 11.9 Å². The van der Waals surface area contributed by atoms with Crippen LogP contribution in [0.1, 0.15) is 63.6 Å². The van der Waals surface area contributed by atoms with E-state index in [1.165, 1.54) is 17.3 Å². The van der Waals surface area contributed by atoms with Gasteiger partial charge in [0.05, 0.1) is 29.7 Å². The molecule has 0 spiro atoms. The van der Waals surface area contributed by atoms with Crippen LogP contribution in [0.4, 0.5) is 0 Å². The van der Waals surface area contributed by atoms with Crippen LogP contribution in [0.15, 0.2) is 40.5 Å². The molecule has 2 aliphatic rings. The predicted molar refractivity (Wildman–Crippen MR) is 109 cm³/mol. The highest BCUT2D eigenvalue weighted by Gasteiger charge is 2.43. The average Bonchev–Trinajstić information content (AvgIpc) is 3.02. The van der Waals surface area contributed by atoms with E-state index in [1.54, 1.807) is 11.8 Å². The third-order valence-corrected chi connectivity index (χ3v) is 5.71. The number of benzene rings is 1. The molecule has 0 aliphatic carbocycles. The number of aliphatic imine (C=N–C) groups is 1. The van der Waals surface area contributed by atoms with Gasteiger partial charge in [-0.2, -0.15) is 0 Å². The monoisotopic (exact) mass is 386 g/mol. The Hall–Kier alpha value is -2.08. The van der Waals surface area contributed by atoms with E-state index < -0.39 is 6.04 Å². The van der Waals surface area contributed by atoms with Gasteiger partial charge in [-0.05, 0) is 30.4 Å². The van der Waals surface area contributed by atoms with Gasteiger partial charge in [0, 0.05) is 0 Å². The molecular weight excluding hydrogens is 360 g/mol. The minimum absolute atomic E-state index is 0.0194. The van der Waals surface area contributed by atoms with Crippen LogP contribution in [0.3, 0.4) is 0 Å². The summed E-state index contributed by atoms with van der Waals surface area (Å²) in [5.74, 6) is 0.372. The standard InChI is InChI=1S/C21H26N2O3S/c1-5-7-16-18(20(25)26-6-2)19(23-17(24)12-27-21(23)22-16)15-10-8-14(9-11-15)13(3)4/h8-11,13,19H,5-7,12H2,1-4H3. The number of hydrogen-bond donors (Lipinski definition) is 0. The molecule has 1 aromatic carbocycles. The van der Waals surface area contributed by atoms with Crippen molar-refractivity contribution in [2.24, 2.45) is 4.99 Å². The Morgan fingerprint density at radius 3 is 2.59 bits per heavy atom. The van der Waals surface area contributed by atoms with Gasteiger partial charge in [0.15, 0.2) is 5.17 Å². The highest BCUT2D eigenvalue weighted by Crippen LogP contribution is 2.42. The highest BCUT2D eigenvalue weighted by molar-refractivity contribution is 8.15. The number of hydrogen-bond acceptors (Lipinski definition) is 5. The first-order valence-electron chi connectivity index (χ1n) is 9.51. The fraction of sp³-hybridized carbons (Fsp3) is 0.476. The first kappa shape index (κ1) is 19.7. The van der Waals surface area contributed by atoms with E-state index in [1.807, 2.05) is 12.1 Å². The zero-order valence-corrected chi connectivity index (χ0v) is 17.1. The summed E-state index contributed by atoms with van der Waals surface area (Å²) in [4.78, 5) is 31.8. The predicted octanol–water partition coefficient (Wildman–Crippen LogP) is 4.41. The Balaban J connectivity index is 2.13. The Morgan fingerprint density at radius 1 is 1.30 bits per heavy atom. The molecule has 27 heavy (non-hydrogen) atoms. The van der Waals surface area contributed by atoms with Gasteiger partial charge in [0.1, 0.15) is 0 Å². The van der Waals surface area contributed by atoms with Crippen LogP contribution >= 0.6 is 11.8 Å². The van der Waals surface area contributed by atoms with Gasteiger partial charge >= 0.3 is 5.97 Å². The average molecular weight is 387 g/mol. The molecule has 5 nitrogen and oxygen atoms in total. The number of amides is 1. The van der Waals surface area contributed by atoms with E-state index in [4.69, 9.17) is 4.74 Å². The van der Waals surface area contributed by atoms with E-state index in [0.717, 1.165) is 17.7 Å². The lowest BCUT2D eigenvalue weighted by atomic mass is 9.91. The van der Waals surface area contributed by atoms with Crippen molar-refractivity contribution >= 4 is 28.8 Å². The van der Waals surface area contributed by atoms with Crippen molar-refractivity contribution in [2.75, 3.05) is 12.4 Å². The Kier molecular flexibility index (Phi) is 6.05. The van der Waals surface area contributed by atoms with Crippen LogP contribution in [0.25, 0.3) is 0 Å². The molecule has 2 aliphatic heterocycles. The Bertz CT molecular complexity index is 796. The number of esters is 1. The molecule has 1 aromatic rings. The maximum absolute atomic E-state index is 12.8. The van der Waals surface area contributed by atoms with Gasteiger partial charge in [0.25, 0.3) is 0 Å². The van der Waals surface area contributed by atoms with Gasteiger partial charge in [-0.3, -0.25) is 9.69 Å². The van der Waals surface area contributed by atoms with Crippen LogP contribution in [0.5, 0.6) is 0 Å². The molecule has 1 unspecified atom stereocenters. The Labute approximate surface area is 164 Å². The summed E-state index contributed by atoms with van der Waals surface area (Å²) >= 11 is 1.44. The lowest BCUT2D eigenvalue weighted by Crippen LogP contribution is -2.40. The van der Waals surface area contributed by atoms with E-state index >= 15 is 0 Å². The summed E-state index contributed by atoms with van der Waals surface area (Å²) < 4.78 is 5.34. The second kappa shape index (κ2) is 8.30. The summed E-state index contributed by atoms with van der Waals surface area (Å²) in [7, 11) is 0. The lowest BCUT2D eigenvalue weighted by molar-refractivity contribution is -0.139. The van der Waals surface area contributed by atoms with Crippen LogP contribution in [0, 0.1) is 0 Å². The van der Waals surface area contributed by atoms with Gasteiger partial charge in [-0.15, -0.1) is 0 Å². The Morgan fingerprint density at radius 2 is 2.00 bits per heavy atom. The molecule has 2 heterocycles. The number of ether oxygens (including phenoxy) is 1. The summed E-state index contributed by atoms with van der Waals surface area (Å²) in [6, 6.07) is 7.70. The van der Waals surface area contributed by atoms with Gasteiger partial charge in [0.2, 0.25) is 5.91 Å². The van der Waals surface area contributed by atoms with Crippen molar-refractivity contribution in [3.05, 3.63) is 46.7 Å². The maximum atomic E-state index is 12.8. The smallest absolute Gasteiger partial charge is 0.338 e. The molecule has 0 N–H and O–H groups in total. The van der Waals surface area contributed by atoms with Crippen LogP contribution < -0.4 is 0 Å². The summed E-state index contributed by atoms with van der Waals surface area (Å²) in [5.41, 5.74) is 3.37. The molecule has 1 saturated heterocycles. The van der Waals surface area contributed by atoms with Crippen LogP contribution in [-0.2, 0) is 14.3 Å². The van der Waals surface area contributed by atoms with Crippen molar-refractivity contribution in [1.29, 1.82) is 0 Å². The van der Waals surface area contributed by atoms with Crippen molar-refractivity contribution in [1.82, 2.24) is 4.90 Å². The van der Waals surface area contributed by atoms with E-state index in [0.29, 0.717) is 35.4 Å². The third-order valence-electron chi connectivity index (χ3n) is 4.77. The fourth-order valence-corrected chi connectivity index (χ4v) is 4.33. The minimum Gasteiger partial charge on any atom is -0.463 e. The highest BCUT2D eigenvalue weighted by atomic mass is 32.2. The van der Waals surface area contributed by atoms with Crippen LogP contribution in [0.2, 0.25) is 0 Å². The number of carbonyl (C=O) groups is 2. The number of carbonyl (C=O) groups excluding carboxylic acids is 2. The van der Waals surface area contributed by atoms with Gasteiger partial charge in [-0.1, -0.05) is 63.2 Å². The summed E-state index contributed by atoms with van der Waals surface area (Å²) in [6.45, 7) is 8.43. The zero-order valence-electron chi connectivity index (χ0n) is 16.3. The second-order valence-corrected chi connectivity index (χ2v) is 7.94. The molecule has 1 amide bonds. The van der Waals surface area contributed by atoms with E-state index in [2.05, 4.69) is 37.9 Å². The maximum Gasteiger partial charge on any atom is 0.338 e. The first-order chi connectivity index (χ1) is 13.0. The molecule has 1 fully saturated rings. The van der Waals surface area contributed by atoms with Crippen molar-refractivity contribution in [3.8, 4) is 0 Å². The zero-order chi connectivity index (χ0) is 19.6. The van der Waals surface area contributed by atoms with Crippen LogP contribution in [-0.4, -0.2) is 34.3 Å². The summed E-state index contributed by atoms with van der Waals surface area (Å²) in [6.07, 6.45) is 1.55. The van der Waals surface area contributed by atoms with Crippen molar-refractivity contribution in [3.63, 3.8) is 0 Å². The number of allylic oxidation sites excluding steroid dienone is 1. The molecule has 0 aromatic heterocycles. The van der Waals surface area contributed by atoms with Gasteiger partial charge in [-0.25, -0.2) is 9.79 Å². The minimum atomic E-state index is -0.471. The normalized spacial score (nSPS) is 19.4. The second-order valence-electron chi connectivity index (χ2n) is 7.00.